The summed E-state index contributed by atoms with van der Waals surface area (Å²) in [4.78, 5) is 0. The quantitative estimate of drug-likeness (QED) is 0.140. The normalized spacial score (nSPS) is 17.3. The van der Waals surface area contributed by atoms with Crippen LogP contribution in [-0.4, -0.2) is 5.92 Å². The van der Waals surface area contributed by atoms with Gasteiger partial charge in [-0.1, -0.05) is 0 Å². The molecule has 0 saturated heterocycles. The van der Waals surface area contributed by atoms with E-state index in [9.17, 15) is 17.0 Å². The Kier molecular flexibility index (Phi) is 12.5. The van der Waals surface area contributed by atoms with Crippen LogP contribution in [0.4, 0.5) is 0 Å². The topological polar surface area (TPSA) is 0 Å². The molecule has 6 aromatic carbocycles. The van der Waals surface area contributed by atoms with Gasteiger partial charge in [0.15, 0.2) is 0 Å². The predicted molar refractivity (Wildman–Crippen MR) is 293 cm³/mol. The van der Waals surface area contributed by atoms with Crippen LogP contribution in [0.15, 0.2) is 132 Å². The van der Waals surface area contributed by atoms with Crippen LogP contribution in [-0.2, 0) is 37.2 Å². The van der Waals surface area contributed by atoms with Crippen molar-refractivity contribution in [1.82, 2.24) is 0 Å². The van der Waals surface area contributed by atoms with E-state index in [4.69, 9.17) is 0 Å². The van der Waals surface area contributed by atoms with Gasteiger partial charge in [-0.25, -0.2) is 0 Å². The van der Waals surface area contributed by atoms with Gasteiger partial charge in [-0.2, -0.15) is 0 Å². The van der Waals surface area contributed by atoms with Crippen LogP contribution in [0.2, 0.25) is 13.1 Å². The van der Waals surface area contributed by atoms with E-state index >= 15 is 0 Å². The molecule has 343 valence electrons. The van der Waals surface area contributed by atoms with Crippen molar-refractivity contribution in [3.8, 4) is 44.5 Å². The van der Waals surface area contributed by atoms with Gasteiger partial charge in [0.05, 0.1) is 0 Å². The third-order valence-electron chi connectivity index (χ3n) is 15.3. The molecular weight excluding hydrogens is 935 g/mol. The SMILES string of the molecule is CC1=Cc2c(-c3ccc(C(C)(C)C)cc3)ccc(-c3ccc(C(C)(C)C)cc3)c2[CH]1[Zr]([Cl])([Cl])([CH]1C(C)=Cc2c(-c3ccc(C(C)(C)C)cc3)ccc(-c3ccc(C(C)(C)C)cc3)c21)[SiH](C)C. The maximum absolute atomic E-state index is 9.17. The van der Waals surface area contributed by atoms with Crippen LogP contribution in [0.25, 0.3) is 56.7 Å². The second kappa shape index (κ2) is 16.9. The molecule has 2 aliphatic rings. The minimum absolute atomic E-state index is 0.0490. The molecule has 0 heterocycles. The minimum atomic E-state index is -5.28. The number of rotatable bonds is 7. The van der Waals surface area contributed by atoms with E-state index in [2.05, 4.69) is 244 Å². The van der Waals surface area contributed by atoms with Gasteiger partial charge in [-0.15, -0.1) is 0 Å². The molecule has 0 spiro atoms. The third-order valence-corrected chi connectivity index (χ3v) is 67.4. The molecule has 0 radical (unpaired) electrons. The molecule has 0 bridgehead atoms. The van der Waals surface area contributed by atoms with Gasteiger partial charge in [0.25, 0.3) is 0 Å². The third kappa shape index (κ3) is 8.52. The summed E-state index contributed by atoms with van der Waals surface area (Å²) in [6.07, 6.45) is 4.95. The van der Waals surface area contributed by atoms with Crippen molar-refractivity contribution in [2.45, 2.75) is 139 Å². The molecule has 0 saturated carbocycles. The Bertz CT molecular complexity index is 2690. The molecule has 0 nitrogen and oxygen atoms in total. The van der Waals surface area contributed by atoms with Crippen molar-refractivity contribution in [3.63, 3.8) is 0 Å². The van der Waals surface area contributed by atoms with E-state index in [1.165, 1.54) is 100 Å². The summed E-state index contributed by atoms with van der Waals surface area (Å²) in [6.45, 7) is 37.1. The second-order valence-corrected chi connectivity index (χ2v) is 66.8. The first-order valence-electron chi connectivity index (χ1n) is 24.3. The molecule has 0 amide bonds. The van der Waals surface area contributed by atoms with Gasteiger partial charge in [-0.3, -0.25) is 0 Å². The van der Waals surface area contributed by atoms with Crippen LogP contribution in [0.1, 0.15) is 149 Å². The second-order valence-electron chi connectivity index (χ2n) is 24.3. The average Bonchev–Trinajstić information content (AvgIpc) is 3.79. The number of benzene rings is 6. The molecule has 8 rings (SSSR count). The van der Waals surface area contributed by atoms with Crippen molar-refractivity contribution >= 4 is 35.1 Å². The summed E-state index contributed by atoms with van der Waals surface area (Å²) in [7, 11) is 18.3. The Morgan fingerprint density at radius 3 is 0.818 bits per heavy atom. The fourth-order valence-electron chi connectivity index (χ4n) is 11.1. The summed E-state index contributed by atoms with van der Waals surface area (Å²) >= 11 is -5.28. The average molecular weight is 1010 g/mol. The molecule has 4 heteroatoms. The van der Waals surface area contributed by atoms with Gasteiger partial charge in [0.2, 0.25) is 0 Å². The zero-order chi connectivity index (χ0) is 48.1. The Morgan fingerprint density at radius 2 is 0.591 bits per heavy atom. The van der Waals surface area contributed by atoms with Crippen molar-refractivity contribution < 1.29 is 15.6 Å². The zero-order valence-corrected chi connectivity index (χ0v) is 47.8. The summed E-state index contributed by atoms with van der Waals surface area (Å²) in [5.41, 5.74) is 23.3. The summed E-state index contributed by atoms with van der Waals surface area (Å²) in [6, 6.07) is 46.7. The zero-order valence-electron chi connectivity index (χ0n) is 42.7. The van der Waals surface area contributed by atoms with Gasteiger partial charge in [0, 0.05) is 0 Å². The van der Waals surface area contributed by atoms with E-state index in [0.29, 0.717) is 0 Å². The van der Waals surface area contributed by atoms with E-state index in [1.807, 2.05) is 0 Å². The van der Waals surface area contributed by atoms with Gasteiger partial charge >= 0.3 is 411 Å². The van der Waals surface area contributed by atoms with Crippen molar-refractivity contribution in [2.24, 2.45) is 0 Å². The van der Waals surface area contributed by atoms with E-state index in [-0.39, 0.29) is 28.9 Å². The molecule has 2 atom stereocenters. The molecule has 2 unspecified atom stereocenters. The molecule has 0 aromatic heterocycles. The Morgan fingerprint density at radius 1 is 0.364 bits per heavy atom. The van der Waals surface area contributed by atoms with Crippen LogP contribution in [0.5, 0.6) is 0 Å². The number of halogens is 2. The number of hydrogen-bond acceptors (Lipinski definition) is 0. The van der Waals surface area contributed by atoms with Crippen molar-refractivity contribution in [1.29, 1.82) is 0 Å². The summed E-state index contributed by atoms with van der Waals surface area (Å²) in [5.74, 6) is -1.88. The molecule has 0 aliphatic heterocycles. The summed E-state index contributed by atoms with van der Waals surface area (Å²) < 4.78 is -0.152. The Labute approximate surface area is 407 Å². The van der Waals surface area contributed by atoms with Crippen molar-refractivity contribution in [2.75, 3.05) is 0 Å². The van der Waals surface area contributed by atoms with Gasteiger partial charge in [0.1, 0.15) is 0 Å². The fourth-order valence-corrected chi connectivity index (χ4v) is 43.8. The molecule has 6 aromatic rings. The molecular formula is C62H73Cl2SiZr. The van der Waals surface area contributed by atoms with E-state index in [0.717, 1.165) is 0 Å². The summed E-state index contributed by atoms with van der Waals surface area (Å²) in [5, 5.41) is 0. The van der Waals surface area contributed by atoms with Crippen LogP contribution < -0.4 is 0 Å². The first-order chi connectivity index (χ1) is 30.6. The van der Waals surface area contributed by atoms with Crippen LogP contribution >= 0.6 is 17.0 Å². The monoisotopic (exact) mass is 1010 g/mol. The van der Waals surface area contributed by atoms with Gasteiger partial charge in [-0.05, 0) is 0 Å². The Balaban J connectivity index is 1.40. The van der Waals surface area contributed by atoms with Crippen LogP contribution in [0, 0.1) is 0 Å². The molecule has 2 aliphatic carbocycles. The standard InChI is InChI=1S/2C30H33.C2H7Si.2ClH.Zr/c2*1-20-18-27-25(21-8-12-23(13-9-21)29(2,3)4)16-17-26(28(27)19-20)22-10-14-24(15-11-22)30(5,6)7;1-3-2;;;/h2*8-19H,1-7H3;3H,1-2H3;2*1H;/q;;;;;+2/p-2. The fraction of sp³-hybridized carbons (Fsp3) is 0.355. The maximum atomic E-state index is 9.17. The van der Waals surface area contributed by atoms with Gasteiger partial charge < -0.3 is 0 Å². The Hall–Kier alpha value is -3.52. The van der Waals surface area contributed by atoms with Crippen LogP contribution in [0.3, 0.4) is 0 Å². The van der Waals surface area contributed by atoms with E-state index in [1.54, 1.807) is 0 Å². The first kappa shape index (κ1) is 48.9. The number of fused-ring (bicyclic) bond motifs is 2. The number of allylic oxidation sites excluding steroid dienone is 2. The molecule has 0 N–H and O–H groups in total. The van der Waals surface area contributed by atoms with Crippen molar-refractivity contribution in [3.05, 3.63) is 177 Å². The number of hydrogen-bond donors (Lipinski definition) is 0. The molecule has 0 fully saturated rings. The predicted octanol–water partition coefficient (Wildman–Crippen LogP) is 19.1. The first-order valence-corrected chi connectivity index (χ1v) is 40.6. The molecule has 66 heavy (non-hydrogen) atoms. The van der Waals surface area contributed by atoms with E-state index < -0.39 is 21.5 Å².